The van der Waals surface area contributed by atoms with Gasteiger partial charge in [0, 0.05) is 11.8 Å². The molecule has 0 amide bonds. The number of benzene rings is 1. The summed E-state index contributed by atoms with van der Waals surface area (Å²) in [6.07, 6.45) is 1.73. The molecule has 0 unspecified atom stereocenters. The molecule has 0 radical (unpaired) electrons. The van der Waals surface area contributed by atoms with Gasteiger partial charge in [-0.1, -0.05) is 6.92 Å². The van der Waals surface area contributed by atoms with Gasteiger partial charge in [-0.2, -0.15) is 0 Å². The second kappa shape index (κ2) is 5.69. The van der Waals surface area contributed by atoms with Crippen molar-refractivity contribution in [2.75, 3.05) is 6.54 Å². The standard InChI is InChI=1S/C14H16FN3/c1-3-16-9-14-17-7-6-13(18-14)11-4-5-12(15)10(2)8-11/h4-8,16H,3,9H2,1-2H3. The molecular weight excluding hydrogens is 229 g/mol. The first-order chi connectivity index (χ1) is 8.70. The maximum Gasteiger partial charge on any atom is 0.142 e. The maximum atomic E-state index is 13.2. The van der Waals surface area contributed by atoms with Crippen molar-refractivity contribution in [3.05, 3.63) is 47.7 Å². The van der Waals surface area contributed by atoms with Crippen LogP contribution in [0, 0.1) is 12.7 Å². The van der Waals surface area contributed by atoms with E-state index < -0.39 is 0 Å². The SMILES string of the molecule is CCNCc1nccc(-c2ccc(F)c(C)c2)n1. The normalized spacial score (nSPS) is 10.6. The molecule has 0 aliphatic rings. The zero-order valence-electron chi connectivity index (χ0n) is 10.6. The molecule has 1 aromatic carbocycles. The summed E-state index contributed by atoms with van der Waals surface area (Å²) < 4.78 is 13.2. The molecule has 0 atom stereocenters. The quantitative estimate of drug-likeness (QED) is 0.900. The van der Waals surface area contributed by atoms with Gasteiger partial charge in [0.1, 0.15) is 11.6 Å². The van der Waals surface area contributed by atoms with Gasteiger partial charge in [-0.25, -0.2) is 14.4 Å². The molecule has 3 nitrogen and oxygen atoms in total. The molecule has 1 N–H and O–H groups in total. The van der Waals surface area contributed by atoms with Crippen LogP contribution in [0.25, 0.3) is 11.3 Å². The molecule has 0 saturated carbocycles. The topological polar surface area (TPSA) is 37.8 Å². The summed E-state index contributed by atoms with van der Waals surface area (Å²) in [4.78, 5) is 8.65. The van der Waals surface area contributed by atoms with E-state index in [0.717, 1.165) is 23.6 Å². The Labute approximate surface area is 106 Å². The van der Waals surface area contributed by atoms with Crippen molar-refractivity contribution < 1.29 is 4.39 Å². The third kappa shape index (κ3) is 2.90. The van der Waals surface area contributed by atoms with Gasteiger partial charge in [-0.15, -0.1) is 0 Å². The minimum atomic E-state index is -0.194. The van der Waals surface area contributed by atoms with Crippen molar-refractivity contribution in [2.24, 2.45) is 0 Å². The molecule has 1 aromatic heterocycles. The van der Waals surface area contributed by atoms with Gasteiger partial charge >= 0.3 is 0 Å². The highest BCUT2D eigenvalue weighted by atomic mass is 19.1. The van der Waals surface area contributed by atoms with E-state index in [1.807, 2.05) is 13.0 Å². The van der Waals surface area contributed by atoms with Crippen LogP contribution in [0.5, 0.6) is 0 Å². The van der Waals surface area contributed by atoms with Crippen molar-refractivity contribution in [3.63, 3.8) is 0 Å². The van der Waals surface area contributed by atoms with Gasteiger partial charge in [0.25, 0.3) is 0 Å². The Morgan fingerprint density at radius 1 is 1.28 bits per heavy atom. The predicted octanol–water partition coefficient (Wildman–Crippen LogP) is 2.70. The van der Waals surface area contributed by atoms with Gasteiger partial charge in [0.15, 0.2) is 0 Å². The first-order valence-electron chi connectivity index (χ1n) is 6.00. The smallest absolute Gasteiger partial charge is 0.142 e. The van der Waals surface area contributed by atoms with Crippen LogP contribution in [-0.4, -0.2) is 16.5 Å². The van der Waals surface area contributed by atoms with Crippen LogP contribution in [0.15, 0.2) is 30.5 Å². The predicted molar refractivity (Wildman–Crippen MR) is 69.5 cm³/mol. The van der Waals surface area contributed by atoms with Crippen LogP contribution in [0.3, 0.4) is 0 Å². The number of aryl methyl sites for hydroxylation is 1. The third-order valence-electron chi connectivity index (χ3n) is 2.69. The lowest BCUT2D eigenvalue weighted by Crippen LogP contribution is -2.14. The fraction of sp³-hybridized carbons (Fsp3) is 0.286. The molecule has 0 aliphatic heterocycles. The molecule has 2 rings (SSSR count). The summed E-state index contributed by atoms with van der Waals surface area (Å²) >= 11 is 0. The molecule has 0 spiro atoms. The van der Waals surface area contributed by atoms with E-state index in [2.05, 4.69) is 15.3 Å². The van der Waals surface area contributed by atoms with E-state index in [9.17, 15) is 4.39 Å². The third-order valence-corrected chi connectivity index (χ3v) is 2.69. The van der Waals surface area contributed by atoms with E-state index in [1.54, 1.807) is 25.3 Å². The van der Waals surface area contributed by atoms with E-state index in [4.69, 9.17) is 0 Å². The number of nitrogens with one attached hydrogen (secondary N) is 1. The van der Waals surface area contributed by atoms with Crippen molar-refractivity contribution in [2.45, 2.75) is 20.4 Å². The highest BCUT2D eigenvalue weighted by Gasteiger charge is 2.04. The number of halogens is 1. The number of hydrogen-bond acceptors (Lipinski definition) is 3. The zero-order valence-corrected chi connectivity index (χ0v) is 10.6. The lowest BCUT2D eigenvalue weighted by Gasteiger charge is -2.05. The average molecular weight is 245 g/mol. The van der Waals surface area contributed by atoms with Crippen LogP contribution in [0.4, 0.5) is 4.39 Å². The van der Waals surface area contributed by atoms with Crippen molar-refractivity contribution in [1.29, 1.82) is 0 Å². The van der Waals surface area contributed by atoms with Crippen LogP contribution in [0.1, 0.15) is 18.3 Å². The summed E-state index contributed by atoms with van der Waals surface area (Å²) in [6.45, 7) is 5.31. The van der Waals surface area contributed by atoms with Crippen molar-refractivity contribution in [3.8, 4) is 11.3 Å². The Morgan fingerprint density at radius 2 is 2.11 bits per heavy atom. The van der Waals surface area contributed by atoms with Crippen LogP contribution >= 0.6 is 0 Å². The second-order valence-corrected chi connectivity index (χ2v) is 4.10. The van der Waals surface area contributed by atoms with Crippen molar-refractivity contribution >= 4 is 0 Å². The summed E-state index contributed by atoms with van der Waals surface area (Å²) in [5.41, 5.74) is 2.36. The molecule has 0 fully saturated rings. The van der Waals surface area contributed by atoms with E-state index >= 15 is 0 Å². The Hall–Kier alpha value is -1.81. The molecule has 94 valence electrons. The summed E-state index contributed by atoms with van der Waals surface area (Å²) in [5, 5.41) is 3.18. The van der Waals surface area contributed by atoms with E-state index in [-0.39, 0.29) is 5.82 Å². The van der Waals surface area contributed by atoms with E-state index in [0.29, 0.717) is 12.1 Å². The first kappa shape index (κ1) is 12.6. The van der Waals surface area contributed by atoms with E-state index in [1.165, 1.54) is 6.07 Å². The molecule has 0 bridgehead atoms. The zero-order chi connectivity index (χ0) is 13.0. The fourth-order valence-electron chi connectivity index (χ4n) is 1.69. The Balaban J connectivity index is 2.29. The Kier molecular flexibility index (Phi) is 3.99. The summed E-state index contributed by atoms with van der Waals surface area (Å²) in [7, 11) is 0. The summed E-state index contributed by atoms with van der Waals surface area (Å²) in [5.74, 6) is 0.553. The molecule has 1 heterocycles. The van der Waals surface area contributed by atoms with Crippen LogP contribution in [-0.2, 0) is 6.54 Å². The highest BCUT2D eigenvalue weighted by Crippen LogP contribution is 2.19. The van der Waals surface area contributed by atoms with Gasteiger partial charge in [0.05, 0.1) is 12.2 Å². The lowest BCUT2D eigenvalue weighted by molar-refractivity contribution is 0.618. The molecule has 4 heteroatoms. The van der Waals surface area contributed by atoms with Gasteiger partial charge in [0.2, 0.25) is 0 Å². The maximum absolute atomic E-state index is 13.2. The van der Waals surface area contributed by atoms with Gasteiger partial charge < -0.3 is 5.32 Å². The monoisotopic (exact) mass is 245 g/mol. The lowest BCUT2D eigenvalue weighted by atomic mass is 10.1. The van der Waals surface area contributed by atoms with Gasteiger partial charge in [-0.05, 0) is 43.3 Å². The average Bonchev–Trinajstić information content (AvgIpc) is 2.40. The Morgan fingerprint density at radius 3 is 2.83 bits per heavy atom. The molecule has 0 saturated heterocycles. The molecule has 2 aromatic rings. The first-order valence-corrected chi connectivity index (χ1v) is 6.00. The number of aromatic nitrogens is 2. The Bertz CT molecular complexity index is 540. The molecule has 0 aliphatic carbocycles. The molecule has 18 heavy (non-hydrogen) atoms. The molecular formula is C14H16FN3. The minimum absolute atomic E-state index is 0.194. The minimum Gasteiger partial charge on any atom is -0.310 e. The number of rotatable bonds is 4. The van der Waals surface area contributed by atoms with Crippen molar-refractivity contribution in [1.82, 2.24) is 15.3 Å². The number of hydrogen-bond donors (Lipinski definition) is 1. The fourth-order valence-corrected chi connectivity index (χ4v) is 1.69. The van der Waals surface area contributed by atoms with Crippen LogP contribution < -0.4 is 5.32 Å². The largest absolute Gasteiger partial charge is 0.310 e. The van der Waals surface area contributed by atoms with Crippen LogP contribution in [0.2, 0.25) is 0 Å². The van der Waals surface area contributed by atoms with Gasteiger partial charge in [-0.3, -0.25) is 0 Å². The second-order valence-electron chi connectivity index (χ2n) is 4.10. The summed E-state index contributed by atoms with van der Waals surface area (Å²) in [6, 6.07) is 6.84. The highest BCUT2D eigenvalue weighted by molar-refractivity contribution is 5.59. The number of nitrogens with zero attached hydrogens (tertiary/aromatic N) is 2.